The highest BCUT2D eigenvalue weighted by Gasteiger charge is 2.12. The fourth-order valence-electron chi connectivity index (χ4n) is 2.04. The summed E-state index contributed by atoms with van der Waals surface area (Å²) in [6, 6.07) is 12.9. The van der Waals surface area contributed by atoms with Crippen LogP contribution in [0, 0.1) is 11.3 Å². The standard InChI is InChI=1S/C15H13Cl2N3/c1-20(9-11-4-2-3-10(5-11)8-18)15-13(16)6-12(19)7-14(15)17/h2-7H,9,19H2,1H3. The molecule has 20 heavy (non-hydrogen) atoms. The molecule has 0 radical (unpaired) electrons. The Morgan fingerprint density at radius 1 is 1.20 bits per heavy atom. The number of nitrogen functional groups attached to an aromatic ring is 1. The highest BCUT2D eigenvalue weighted by molar-refractivity contribution is 6.39. The van der Waals surface area contributed by atoms with Crippen molar-refractivity contribution in [1.82, 2.24) is 0 Å². The van der Waals surface area contributed by atoms with Crippen LogP contribution in [0.25, 0.3) is 0 Å². The van der Waals surface area contributed by atoms with E-state index in [0.29, 0.717) is 27.8 Å². The van der Waals surface area contributed by atoms with Gasteiger partial charge in [-0.15, -0.1) is 0 Å². The Morgan fingerprint density at radius 2 is 1.85 bits per heavy atom. The summed E-state index contributed by atoms with van der Waals surface area (Å²) in [6.07, 6.45) is 0. The van der Waals surface area contributed by atoms with E-state index in [2.05, 4.69) is 6.07 Å². The molecule has 2 rings (SSSR count). The quantitative estimate of drug-likeness (QED) is 0.869. The van der Waals surface area contributed by atoms with Gasteiger partial charge >= 0.3 is 0 Å². The summed E-state index contributed by atoms with van der Waals surface area (Å²) in [5.41, 5.74) is 8.59. The molecule has 0 aromatic heterocycles. The van der Waals surface area contributed by atoms with Gasteiger partial charge in [0.1, 0.15) is 0 Å². The second-order valence-corrected chi connectivity index (χ2v) is 5.32. The van der Waals surface area contributed by atoms with Crippen LogP contribution in [-0.4, -0.2) is 7.05 Å². The predicted octanol–water partition coefficient (Wildman–Crippen LogP) is 4.08. The average Bonchev–Trinajstić information content (AvgIpc) is 2.37. The van der Waals surface area contributed by atoms with Crippen molar-refractivity contribution in [2.24, 2.45) is 0 Å². The van der Waals surface area contributed by atoms with Gasteiger partial charge in [0.05, 0.1) is 27.4 Å². The molecule has 0 heterocycles. The van der Waals surface area contributed by atoms with E-state index < -0.39 is 0 Å². The molecule has 2 N–H and O–H groups in total. The number of benzene rings is 2. The molecule has 2 aromatic rings. The zero-order chi connectivity index (χ0) is 14.7. The molecular weight excluding hydrogens is 293 g/mol. The minimum atomic E-state index is 0.508. The summed E-state index contributed by atoms with van der Waals surface area (Å²) in [7, 11) is 1.89. The number of nitriles is 1. The Kier molecular flexibility index (Phi) is 4.39. The van der Waals surface area contributed by atoms with Gasteiger partial charge in [0.2, 0.25) is 0 Å². The minimum absolute atomic E-state index is 0.508. The van der Waals surface area contributed by atoms with E-state index in [1.165, 1.54) is 0 Å². The maximum Gasteiger partial charge on any atom is 0.0991 e. The Hall–Kier alpha value is -1.89. The monoisotopic (exact) mass is 305 g/mol. The van der Waals surface area contributed by atoms with Crippen molar-refractivity contribution in [2.45, 2.75) is 6.54 Å². The summed E-state index contributed by atoms with van der Waals surface area (Å²) in [6.45, 7) is 0.596. The molecule has 0 aliphatic carbocycles. The van der Waals surface area contributed by atoms with E-state index >= 15 is 0 Å². The van der Waals surface area contributed by atoms with Gasteiger partial charge in [-0.25, -0.2) is 0 Å². The van der Waals surface area contributed by atoms with Crippen molar-refractivity contribution in [3.8, 4) is 6.07 Å². The van der Waals surface area contributed by atoms with Crippen LogP contribution in [0.5, 0.6) is 0 Å². The number of hydrogen-bond acceptors (Lipinski definition) is 3. The third-order valence-corrected chi connectivity index (χ3v) is 3.47. The van der Waals surface area contributed by atoms with E-state index in [9.17, 15) is 0 Å². The largest absolute Gasteiger partial charge is 0.399 e. The number of hydrogen-bond donors (Lipinski definition) is 1. The zero-order valence-electron chi connectivity index (χ0n) is 10.9. The number of nitrogens with zero attached hydrogens (tertiary/aromatic N) is 2. The molecule has 102 valence electrons. The summed E-state index contributed by atoms with van der Waals surface area (Å²) < 4.78 is 0. The van der Waals surface area contributed by atoms with Gasteiger partial charge in [-0.05, 0) is 29.8 Å². The lowest BCUT2D eigenvalue weighted by Gasteiger charge is -2.22. The first-order valence-electron chi connectivity index (χ1n) is 5.96. The van der Waals surface area contributed by atoms with Gasteiger partial charge in [0.25, 0.3) is 0 Å². The van der Waals surface area contributed by atoms with Crippen LogP contribution in [0.2, 0.25) is 10.0 Å². The number of nitrogens with two attached hydrogens (primary N) is 1. The van der Waals surface area contributed by atoms with Crippen LogP contribution >= 0.6 is 23.2 Å². The molecule has 0 saturated heterocycles. The SMILES string of the molecule is CN(Cc1cccc(C#N)c1)c1c(Cl)cc(N)cc1Cl. The molecule has 2 aromatic carbocycles. The smallest absolute Gasteiger partial charge is 0.0991 e. The third kappa shape index (κ3) is 3.16. The Balaban J connectivity index is 2.28. The highest BCUT2D eigenvalue weighted by atomic mass is 35.5. The average molecular weight is 306 g/mol. The molecule has 0 saturated carbocycles. The van der Waals surface area contributed by atoms with E-state index in [0.717, 1.165) is 11.3 Å². The van der Waals surface area contributed by atoms with Gasteiger partial charge in [-0.1, -0.05) is 35.3 Å². The number of anilines is 2. The maximum absolute atomic E-state index is 8.91. The molecule has 0 bridgehead atoms. The van der Waals surface area contributed by atoms with Crippen molar-refractivity contribution < 1.29 is 0 Å². The Bertz CT molecular complexity index is 654. The van der Waals surface area contributed by atoms with Crippen molar-refractivity contribution in [2.75, 3.05) is 17.7 Å². The molecule has 0 aliphatic rings. The van der Waals surface area contributed by atoms with Gasteiger partial charge in [0.15, 0.2) is 0 Å². The van der Waals surface area contributed by atoms with E-state index in [4.69, 9.17) is 34.2 Å². The Labute approximate surface area is 128 Å². The first-order valence-corrected chi connectivity index (χ1v) is 6.71. The Morgan fingerprint density at radius 3 is 2.45 bits per heavy atom. The fraction of sp³-hybridized carbons (Fsp3) is 0.133. The molecule has 0 atom stereocenters. The molecule has 0 amide bonds. The first-order chi connectivity index (χ1) is 9.51. The van der Waals surface area contributed by atoms with Gasteiger partial charge in [-0.2, -0.15) is 5.26 Å². The lowest BCUT2D eigenvalue weighted by atomic mass is 10.1. The van der Waals surface area contributed by atoms with Gasteiger partial charge < -0.3 is 10.6 Å². The van der Waals surface area contributed by atoms with E-state index in [1.54, 1.807) is 18.2 Å². The third-order valence-electron chi connectivity index (χ3n) is 2.90. The van der Waals surface area contributed by atoms with Crippen molar-refractivity contribution in [1.29, 1.82) is 5.26 Å². The summed E-state index contributed by atoms with van der Waals surface area (Å²) >= 11 is 12.4. The second kappa shape index (κ2) is 6.04. The van der Waals surface area contributed by atoms with E-state index in [-0.39, 0.29) is 0 Å². The van der Waals surface area contributed by atoms with Crippen LogP contribution in [0.1, 0.15) is 11.1 Å². The van der Waals surface area contributed by atoms with Crippen molar-refractivity contribution in [3.63, 3.8) is 0 Å². The van der Waals surface area contributed by atoms with Gasteiger partial charge in [-0.3, -0.25) is 0 Å². The molecule has 0 spiro atoms. The molecule has 3 nitrogen and oxygen atoms in total. The lowest BCUT2D eigenvalue weighted by molar-refractivity contribution is 0.923. The highest BCUT2D eigenvalue weighted by Crippen LogP contribution is 2.35. The summed E-state index contributed by atoms with van der Waals surface area (Å²) in [5, 5.41) is 9.93. The topological polar surface area (TPSA) is 53.0 Å². The van der Waals surface area contributed by atoms with Gasteiger partial charge in [0, 0.05) is 19.3 Å². The van der Waals surface area contributed by atoms with Crippen molar-refractivity contribution >= 4 is 34.6 Å². The molecule has 0 aliphatic heterocycles. The van der Waals surface area contributed by atoms with Crippen LogP contribution in [0.15, 0.2) is 36.4 Å². The van der Waals surface area contributed by atoms with Crippen LogP contribution in [0.3, 0.4) is 0 Å². The fourth-order valence-corrected chi connectivity index (χ4v) is 2.83. The van der Waals surface area contributed by atoms with Crippen LogP contribution in [-0.2, 0) is 6.54 Å². The second-order valence-electron chi connectivity index (χ2n) is 4.50. The summed E-state index contributed by atoms with van der Waals surface area (Å²) in [5.74, 6) is 0. The van der Waals surface area contributed by atoms with E-state index in [1.807, 2.05) is 30.1 Å². The minimum Gasteiger partial charge on any atom is -0.399 e. The molecule has 5 heteroatoms. The normalized spacial score (nSPS) is 10.1. The molecule has 0 unspecified atom stereocenters. The predicted molar refractivity (Wildman–Crippen MR) is 84.1 cm³/mol. The van der Waals surface area contributed by atoms with Crippen LogP contribution < -0.4 is 10.6 Å². The number of halogens is 2. The number of rotatable bonds is 3. The zero-order valence-corrected chi connectivity index (χ0v) is 12.4. The van der Waals surface area contributed by atoms with Crippen molar-refractivity contribution in [3.05, 3.63) is 57.6 Å². The molecular formula is C15H13Cl2N3. The lowest BCUT2D eigenvalue weighted by Crippen LogP contribution is -2.17. The van der Waals surface area contributed by atoms with Crippen LogP contribution in [0.4, 0.5) is 11.4 Å². The maximum atomic E-state index is 8.91. The first kappa shape index (κ1) is 14.5. The molecule has 0 fully saturated rings. The summed E-state index contributed by atoms with van der Waals surface area (Å²) in [4.78, 5) is 1.93.